The van der Waals surface area contributed by atoms with E-state index in [-0.39, 0.29) is 0 Å². The summed E-state index contributed by atoms with van der Waals surface area (Å²) >= 11 is 6.22. The summed E-state index contributed by atoms with van der Waals surface area (Å²) in [6, 6.07) is 8.48. The molecule has 0 bridgehead atoms. The van der Waals surface area contributed by atoms with Crippen molar-refractivity contribution < 1.29 is 0 Å². The Hall–Kier alpha value is -1.41. The van der Waals surface area contributed by atoms with E-state index in [1.165, 1.54) is 11.1 Å². The van der Waals surface area contributed by atoms with E-state index in [4.69, 9.17) is 11.6 Å². The van der Waals surface area contributed by atoms with Crippen LogP contribution in [0.2, 0.25) is 5.15 Å². The van der Waals surface area contributed by atoms with Crippen LogP contribution in [0.1, 0.15) is 34.6 Å². The van der Waals surface area contributed by atoms with Gasteiger partial charge in [0.25, 0.3) is 0 Å². The molecule has 0 radical (unpaired) electrons. The van der Waals surface area contributed by atoms with Gasteiger partial charge in [-0.15, -0.1) is 0 Å². The van der Waals surface area contributed by atoms with Gasteiger partial charge in [0.2, 0.25) is 0 Å². The van der Waals surface area contributed by atoms with Crippen LogP contribution in [0.3, 0.4) is 0 Å². The number of nitrogens with zero attached hydrogens (tertiary/aromatic N) is 2. The van der Waals surface area contributed by atoms with Gasteiger partial charge < -0.3 is 0 Å². The zero-order valence-electron chi connectivity index (χ0n) is 10.4. The summed E-state index contributed by atoms with van der Waals surface area (Å²) in [6.07, 6.45) is 3.97. The minimum Gasteiger partial charge on any atom is -0.237 e. The Bertz CT molecular complexity index is 576. The summed E-state index contributed by atoms with van der Waals surface area (Å²) in [4.78, 5) is 9.05. The van der Waals surface area contributed by atoms with Crippen molar-refractivity contribution in [1.29, 1.82) is 0 Å². The molecule has 92 valence electrons. The van der Waals surface area contributed by atoms with Gasteiger partial charge in [-0.25, -0.2) is 9.97 Å². The summed E-state index contributed by atoms with van der Waals surface area (Å²) in [5, 5.41) is 0.652. The Morgan fingerprint density at radius 1 is 1.11 bits per heavy atom. The predicted molar refractivity (Wildman–Crippen MR) is 73.1 cm³/mol. The Labute approximate surface area is 112 Å². The minimum atomic E-state index is 0.652. The molecule has 0 amide bonds. The summed E-state index contributed by atoms with van der Waals surface area (Å²) in [5.74, 6) is 0.838. The highest BCUT2D eigenvalue weighted by molar-refractivity contribution is 6.30. The number of halogens is 1. The molecule has 0 aliphatic heterocycles. The largest absolute Gasteiger partial charge is 0.237 e. The van der Waals surface area contributed by atoms with E-state index in [1.807, 2.05) is 0 Å². The van der Waals surface area contributed by atoms with Crippen molar-refractivity contribution in [3.05, 3.63) is 57.6 Å². The lowest BCUT2D eigenvalue weighted by molar-refractivity contribution is 0.885. The van der Waals surface area contributed by atoms with Crippen LogP contribution in [0.25, 0.3) is 0 Å². The molecule has 3 heteroatoms. The molecule has 0 saturated carbocycles. The van der Waals surface area contributed by atoms with Gasteiger partial charge in [-0.2, -0.15) is 0 Å². The normalized spacial score (nSPS) is 13.7. The number of hydrogen-bond donors (Lipinski definition) is 0. The minimum absolute atomic E-state index is 0.652. The van der Waals surface area contributed by atoms with Gasteiger partial charge >= 0.3 is 0 Å². The average Bonchev–Trinajstić information content (AvgIpc) is 2.81. The molecule has 1 aliphatic carbocycles. The molecule has 2 aromatic rings. The first kappa shape index (κ1) is 11.7. The maximum atomic E-state index is 6.22. The number of aromatic nitrogens is 2. The highest BCUT2D eigenvalue weighted by atomic mass is 35.5. The van der Waals surface area contributed by atoms with Crippen LogP contribution in [0.4, 0.5) is 0 Å². The smallest absolute Gasteiger partial charge is 0.136 e. The van der Waals surface area contributed by atoms with E-state index in [9.17, 15) is 0 Å². The first-order chi connectivity index (χ1) is 8.72. The van der Waals surface area contributed by atoms with Crippen molar-refractivity contribution in [2.45, 2.75) is 32.6 Å². The van der Waals surface area contributed by atoms with E-state index in [0.29, 0.717) is 5.15 Å². The van der Waals surface area contributed by atoms with E-state index < -0.39 is 0 Å². The lowest BCUT2D eigenvalue weighted by atomic mass is 10.1. The molecule has 0 spiro atoms. The van der Waals surface area contributed by atoms with E-state index in [0.717, 1.165) is 42.8 Å². The molecule has 0 unspecified atom stereocenters. The number of rotatable bonds is 2. The van der Waals surface area contributed by atoms with Crippen LogP contribution in [-0.4, -0.2) is 9.97 Å². The third-order valence-corrected chi connectivity index (χ3v) is 3.72. The second-order valence-electron chi connectivity index (χ2n) is 4.87. The molecule has 18 heavy (non-hydrogen) atoms. The predicted octanol–water partition coefficient (Wildman–Crippen LogP) is 3.52. The van der Waals surface area contributed by atoms with Crippen molar-refractivity contribution in [3.63, 3.8) is 0 Å². The van der Waals surface area contributed by atoms with Crippen molar-refractivity contribution >= 4 is 11.6 Å². The molecular weight excluding hydrogens is 244 g/mol. The topological polar surface area (TPSA) is 25.8 Å². The van der Waals surface area contributed by atoms with Crippen molar-refractivity contribution in [2.75, 3.05) is 0 Å². The first-order valence-corrected chi connectivity index (χ1v) is 6.70. The standard InChI is InChI=1S/C15H15ClN2/c1-10-5-7-11(8-6-10)9-14-17-13-4-2-3-12(13)15(16)18-14/h5-8H,2-4,9H2,1H3. The molecule has 2 nitrogen and oxygen atoms in total. The number of fused-ring (bicyclic) bond motifs is 1. The van der Waals surface area contributed by atoms with Gasteiger partial charge in [-0.3, -0.25) is 0 Å². The number of aryl methyl sites for hydroxylation is 2. The number of hydrogen-bond acceptors (Lipinski definition) is 2. The molecule has 3 rings (SSSR count). The quantitative estimate of drug-likeness (QED) is 0.771. The second kappa shape index (κ2) is 4.69. The Balaban J connectivity index is 1.89. The molecule has 0 saturated heterocycles. The first-order valence-electron chi connectivity index (χ1n) is 6.32. The highest BCUT2D eigenvalue weighted by Crippen LogP contribution is 2.26. The molecule has 1 aromatic carbocycles. The molecule has 0 fully saturated rings. The lowest BCUT2D eigenvalue weighted by Crippen LogP contribution is -2.02. The number of benzene rings is 1. The van der Waals surface area contributed by atoms with E-state index in [1.54, 1.807) is 0 Å². The highest BCUT2D eigenvalue weighted by Gasteiger charge is 2.18. The summed E-state index contributed by atoms with van der Waals surface area (Å²) in [7, 11) is 0. The molecular formula is C15H15ClN2. The molecule has 1 aliphatic rings. The zero-order chi connectivity index (χ0) is 12.5. The summed E-state index contributed by atoms with van der Waals surface area (Å²) in [5.41, 5.74) is 4.81. The monoisotopic (exact) mass is 258 g/mol. The molecule has 1 heterocycles. The third-order valence-electron chi connectivity index (χ3n) is 3.41. The van der Waals surface area contributed by atoms with Gasteiger partial charge in [0.1, 0.15) is 11.0 Å². The molecule has 0 N–H and O–H groups in total. The van der Waals surface area contributed by atoms with Crippen LogP contribution in [0.15, 0.2) is 24.3 Å². The van der Waals surface area contributed by atoms with E-state index in [2.05, 4.69) is 41.2 Å². The van der Waals surface area contributed by atoms with Crippen molar-refractivity contribution in [3.8, 4) is 0 Å². The fraction of sp³-hybridized carbons (Fsp3) is 0.333. The Morgan fingerprint density at radius 3 is 2.67 bits per heavy atom. The van der Waals surface area contributed by atoms with Crippen LogP contribution in [0.5, 0.6) is 0 Å². The van der Waals surface area contributed by atoms with Crippen molar-refractivity contribution in [1.82, 2.24) is 9.97 Å². The maximum absolute atomic E-state index is 6.22. The second-order valence-corrected chi connectivity index (χ2v) is 5.23. The van der Waals surface area contributed by atoms with Crippen molar-refractivity contribution in [2.24, 2.45) is 0 Å². The van der Waals surface area contributed by atoms with Crippen LogP contribution < -0.4 is 0 Å². The summed E-state index contributed by atoms with van der Waals surface area (Å²) < 4.78 is 0. The van der Waals surface area contributed by atoms with Crippen LogP contribution in [0, 0.1) is 6.92 Å². The fourth-order valence-corrected chi connectivity index (χ4v) is 2.70. The van der Waals surface area contributed by atoms with Crippen LogP contribution in [-0.2, 0) is 19.3 Å². The van der Waals surface area contributed by atoms with Gasteiger partial charge in [0, 0.05) is 17.7 Å². The summed E-state index contributed by atoms with van der Waals surface area (Å²) in [6.45, 7) is 2.09. The average molecular weight is 259 g/mol. The fourth-order valence-electron chi connectivity index (χ4n) is 2.40. The molecule has 0 atom stereocenters. The Kier molecular flexibility index (Phi) is 3.04. The van der Waals surface area contributed by atoms with Gasteiger partial charge in [-0.1, -0.05) is 41.4 Å². The van der Waals surface area contributed by atoms with Gasteiger partial charge in [0.15, 0.2) is 0 Å². The van der Waals surface area contributed by atoms with Crippen LogP contribution >= 0.6 is 11.6 Å². The zero-order valence-corrected chi connectivity index (χ0v) is 11.2. The SMILES string of the molecule is Cc1ccc(Cc2nc(Cl)c3c(n2)CCC3)cc1. The lowest BCUT2D eigenvalue weighted by Gasteiger charge is -2.06. The maximum Gasteiger partial charge on any atom is 0.136 e. The van der Waals surface area contributed by atoms with Gasteiger partial charge in [0.05, 0.1) is 0 Å². The molecule has 1 aromatic heterocycles. The van der Waals surface area contributed by atoms with E-state index >= 15 is 0 Å². The Morgan fingerprint density at radius 2 is 1.89 bits per heavy atom. The third kappa shape index (κ3) is 2.25. The van der Waals surface area contributed by atoms with Gasteiger partial charge in [-0.05, 0) is 31.7 Å².